The van der Waals surface area contributed by atoms with Crippen LogP contribution in [-0.2, 0) is 13.2 Å². The molecule has 2 heterocycles. The fourth-order valence-corrected chi connectivity index (χ4v) is 3.59. The van der Waals surface area contributed by atoms with Crippen LogP contribution < -0.4 is 31.9 Å². The topological polar surface area (TPSA) is 96.6 Å². The standard InChI is InChI=1S/C24H16N2O6/c27-21-17-11-19-20(24(30)26(23(19)29)32-14-16-9-5-2-6-10-16)12-18(17)22(28)25(21)31-13-15-7-3-1-4-8-15/h1-12H,13-14H2. The first kappa shape index (κ1) is 19.5. The quantitative estimate of drug-likeness (QED) is 0.403. The van der Waals surface area contributed by atoms with Crippen LogP contribution in [0, 0.1) is 0 Å². The highest BCUT2D eigenvalue weighted by Gasteiger charge is 2.21. The largest absolute Gasteiger partial charge is 0.402 e. The molecule has 2 aromatic heterocycles. The van der Waals surface area contributed by atoms with Crippen LogP contribution in [0.1, 0.15) is 11.1 Å². The summed E-state index contributed by atoms with van der Waals surface area (Å²) in [6.45, 7) is 0.0377. The zero-order valence-corrected chi connectivity index (χ0v) is 16.7. The molecule has 5 aromatic rings. The van der Waals surface area contributed by atoms with Crippen LogP contribution in [0.2, 0.25) is 0 Å². The molecule has 0 spiro atoms. The van der Waals surface area contributed by atoms with Crippen LogP contribution >= 0.6 is 0 Å². The molecule has 0 atom stereocenters. The van der Waals surface area contributed by atoms with Crippen molar-refractivity contribution in [1.82, 2.24) is 9.46 Å². The van der Waals surface area contributed by atoms with E-state index < -0.39 is 22.2 Å². The summed E-state index contributed by atoms with van der Waals surface area (Å²) in [6, 6.07) is 20.6. The van der Waals surface area contributed by atoms with Gasteiger partial charge < -0.3 is 9.68 Å². The molecule has 0 radical (unpaired) electrons. The van der Waals surface area contributed by atoms with E-state index in [1.165, 1.54) is 12.1 Å². The summed E-state index contributed by atoms with van der Waals surface area (Å²) in [7, 11) is 0. The molecule has 158 valence electrons. The number of rotatable bonds is 6. The Bertz CT molecular complexity index is 1440. The summed E-state index contributed by atoms with van der Waals surface area (Å²) in [4.78, 5) is 61.8. The van der Waals surface area contributed by atoms with Crippen LogP contribution in [0.3, 0.4) is 0 Å². The van der Waals surface area contributed by atoms with E-state index in [-0.39, 0.29) is 34.8 Å². The molecule has 0 amide bonds. The van der Waals surface area contributed by atoms with Gasteiger partial charge in [0.1, 0.15) is 13.2 Å². The molecule has 0 unspecified atom stereocenters. The van der Waals surface area contributed by atoms with Gasteiger partial charge in [0.25, 0.3) is 22.2 Å². The van der Waals surface area contributed by atoms with Crippen molar-refractivity contribution in [3.63, 3.8) is 0 Å². The minimum atomic E-state index is -0.687. The highest BCUT2D eigenvalue weighted by molar-refractivity contribution is 5.97. The van der Waals surface area contributed by atoms with Gasteiger partial charge in [0.05, 0.1) is 21.5 Å². The van der Waals surface area contributed by atoms with Gasteiger partial charge in [-0.15, -0.1) is 9.46 Å². The molecule has 5 rings (SSSR count). The van der Waals surface area contributed by atoms with Gasteiger partial charge in [-0.3, -0.25) is 19.2 Å². The molecule has 8 nitrogen and oxygen atoms in total. The lowest BCUT2D eigenvalue weighted by Crippen LogP contribution is -2.32. The first-order valence-corrected chi connectivity index (χ1v) is 9.84. The van der Waals surface area contributed by atoms with Crippen LogP contribution in [0.15, 0.2) is 92.0 Å². The monoisotopic (exact) mass is 428 g/mol. The maximum absolute atomic E-state index is 12.7. The number of fused-ring (bicyclic) bond motifs is 2. The van der Waals surface area contributed by atoms with Crippen molar-refractivity contribution in [2.75, 3.05) is 0 Å². The van der Waals surface area contributed by atoms with E-state index in [0.29, 0.717) is 9.46 Å². The molecule has 0 aliphatic heterocycles. The lowest BCUT2D eigenvalue weighted by molar-refractivity contribution is 0.0859. The Balaban J connectivity index is 1.54. The van der Waals surface area contributed by atoms with Gasteiger partial charge >= 0.3 is 0 Å². The van der Waals surface area contributed by atoms with Crippen molar-refractivity contribution in [3.8, 4) is 0 Å². The fraction of sp³-hybridized carbons (Fsp3) is 0.0833. The molecule has 32 heavy (non-hydrogen) atoms. The van der Waals surface area contributed by atoms with E-state index in [9.17, 15) is 19.2 Å². The van der Waals surface area contributed by atoms with Gasteiger partial charge in [-0.2, -0.15) is 0 Å². The second-order valence-corrected chi connectivity index (χ2v) is 7.27. The number of nitrogens with zero attached hydrogens (tertiary/aromatic N) is 2. The smallest absolute Gasteiger partial charge is 0.294 e. The molecular weight excluding hydrogens is 412 g/mol. The lowest BCUT2D eigenvalue weighted by atomic mass is 10.1. The lowest BCUT2D eigenvalue weighted by Gasteiger charge is -2.03. The third-order valence-electron chi connectivity index (χ3n) is 5.22. The Morgan fingerprint density at radius 1 is 0.500 bits per heavy atom. The molecule has 0 saturated carbocycles. The number of benzene rings is 3. The van der Waals surface area contributed by atoms with Crippen LogP contribution in [0.4, 0.5) is 0 Å². The molecule has 8 heteroatoms. The van der Waals surface area contributed by atoms with Gasteiger partial charge in [0.2, 0.25) is 0 Å². The van der Waals surface area contributed by atoms with Gasteiger partial charge in [-0.25, -0.2) is 0 Å². The Morgan fingerprint density at radius 2 is 0.812 bits per heavy atom. The zero-order valence-electron chi connectivity index (χ0n) is 16.7. The van der Waals surface area contributed by atoms with E-state index in [1.807, 2.05) is 36.4 Å². The SMILES string of the molecule is O=c1c2cc3c(=O)n(OCc4ccccc4)c(=O)c3cc2c(=O)n1OCc1ccccc1. The Hall–Kier alpha value is -4.46. The molecule has 0 aliphatic rings. The summed E-state index contributed by atoms with van der Waals surface area (Å²) >= 11 is 0. The summed E-state index contributed by atoms with van der Waals surface area (Å²) < 4.78 is 1.32. The summed E-state index contributed by atoms with van der Waals surface area (Å²) in [5.41, 5.74) is -1.19. The second kappa shape index (κ2) is 7.66. The van der Waals surface area contributed by atoms with Crippen LogP contribution in [0.5, 0.6) is 0 Å². The number of hydrogen-bond acceptors (Lipinski definition) is 6. The Morgan fingerprint density at radius 3 is 1.12 bits per heavy atom. The van der Waals surface area contributed by atoms with E-state index in [0.717, 1.165) is 11.1 Å². The van der Waals surface area contributed by atoms with E-state index in [4.69, 9.17) is 9.68 Å². The van der Waals surface area contributed by atoms with E-state index in [2.05, 4.69) is 0 Å². The van der Waals surface area contributed by atoms with E-state index in [1.54, 1.807) is 24.3 Å². The average Bonchev–Trinajstić information content (AvgIpc) is 3.20. The Kier molecular flexibility index (Phi) is 4.67. The molecule has 0 aliphatic carbocycles. The maximum Gasteiger partial charge on any atom is 0.294 e. The normalized spacial score (nSPS) is 11.2. The summed E-state index contributed by atoms with van der Waals surface area (Å²) in [5, 5.41) is 0.0292. The molecule has 0 saturated heterocycles. The number of hydrogen-bond donors (Lipinski definition) is 0. The maximum atomic E-state index is 12.7. The van der Waals surface area contributed by atoms with Crippen molar-refractivity contribution in [2.45, 2.75) is 13.2 Å². The first-order valence-electron chi connectivity index (χ1n) is 9.84. The minimum absolute atomic E-state index is 0.00729. The minimum Gasteiger partial charge on any atom is -0.402 e. The predicted molar refractivity (Wildman–Crippen MR) is 118 cm³/mol. The molecule has 3 aromatic carbocycles. The first-order chi connectivity index (χ1) is 15.5. The van der Waals surface area contributed by atoms with Crippen molar-refractivity contribution in [1.29, 1.82) is 0 Å². The molecule has 0 fully saturated rings. The highest BCUT2D eigenvalue weighted by atomic mass is 16.7. The third kappa shape index (κ3) is 3.18. The van der Waals surface area contributed by atoms with Gasteiger partial charge in [0, 0.05) is 0 Å². The number of aromatic nitrogens is 2. The van der Waals surface area contributed by atoms with Gasteiger partial charge in [-0.05, 0) is 23.3 Å². The van der Waals surface area contributed by atoms with E-state index >= 15 is 0 Å². The zero-order chi connectivity index (χ0) is 22.2. The average molecular weight is 428 g/mol. The van der Waals surface area contributed by atoms with Crippen molar-refractivity contribution < 1.29 is 9.68 Å². The molecular formula is C24H16N2O6. The Labute approximate surface area is 179 Å². The van der Waals surface area contributed by atoms with Gasteiger partial charge in [0.15, 0.2) is 0 Å². The van der Waals surface area contributed by atoms with Crippen molar-refractivity contribution in [2.24, 2.45) is 0 Å². The molecule has 0 N–H and O–H groups in total. The fourth-order valence-electron chi connectivity index (χ4n) is 3.59. The van der Waals surface area contributed by atoms with Gasteiger partial charge in [-0.1, -0.05) is 60.7 Å². The summed E-state index contributed by atoms with van der Waals surface area (Å²) in [5.74, 6) is 0. The molecule has 0 bridgehead atoms. The van der Waals surface area contributed by atoms with Crippen molar-refractivity contribution >= 4 is 21.5 Å². The van der Waals surface area contributed by atoms with Crippen LogP contribution in [0.25, 0.3) is 21.5 Å². The van der Waals surface area contributed by atoms with Crippen LogP contribution in [-0.4, -0.2) is 9.46 Å². The highest BCUT2D eigenvalue weighted by Crippen LogP contribution is 2.14. The predicted octanol–water partition coefficient (Wildman–Crippen LogP) is 1.17. The van der Waals surface area contributed by atoms with Crippen molar-refractivity contribution in [3.05, 3.63) is 125 Å². The summed E-state index contributed by atoms with van der Waals surface area (Å²) in [6.07, 6.45) is 0. The second-order valence-electron chi connectivity index (χ2n) is 7.27. The third-order valence-corrected chi connectivity index (χ3v) is 5.22.